The van der Waals surface area contributed by atoms with Crippen LogP contribution in [-0.4, -0.2) is 6.54 Å². The Morgan fingerprint density at radius 1 is 0.824 bits per heavy atom. The molecule has 0 spiro atoms. The largest absolute Gasteiger partial charge is 0.327 e. The van der Waals surface area contributed by atoms with E-state index in [2.05, 4.69) is 48.5 Å². The van der Waals surface area contributed by atoms with Crippen molar-refractivity contribution in [3.63, 3.8) is 0 Å². The van der Waals surface area contributed by atoms with Crippen LogP contribution in [0, 0.1) is 0 Å². The summed E-state index contributed by atoms with van der Waals surface area (Å²) in [6, 6.07) is 19.1. The predicted molar refractivity (Wildman–Crippen MR) is 73.8 cm³/mol. The van der Waals surface area contributed by atoms with E-state index in [1.54, 1.807) is 0 Å². The second kappa shape index (κ2) is 6.02. The zero-order valence-electron chi connectivity index (χ0n) is 9.84. The lowest BCUT2D eigenvalue weighted by Crippen LogP contribution is -1.92. The Hall–Kier alpha value is -1.86. The van der Waals surface area contributed by atoms with E-state index in [4.69, 9.17) is 5.73 Å². The molecule has 2 rings (SSSR count). The third-order valence-corrected chi connectivity index (χ3v) is 2.68. The van der Waals surface area contributed by atoms with Crippen molar-refractivity contribution in [1.82, 2.24) is 0 Å². The zero-order chi connectivity index (χ0) is 11.9. The van der Waals surface area contributed by atoms with E-state index in [0.717, 1.165) is 6.42 Å². The highest BCUT2D eigenvalue weighted by Gasteiger charge is 1.95. The molecule has 0 saturated carbocycles. The number of hydrogen-bond acceptors (Lipinski definition) is 1. The van der Waals surface area contributed by atoms with E-state index in [1.165, 1.54) is 16.7 Å². The molecule has 2 N–H and O–H groups in total. The molecule has 0 aliphatic heterocycles. The van der Waals surface area contributed by atoms with Crippen molar-refractivity contribution in [1.29, 1.82) is 0 Å². The average molecular weight is 223 g/mol. The maximum Gasteiger partial charge on any atom is 0.0110 e. The van der Waals surface area contributed by atoms with Gasteiger partial charge in [0.1, 0.15) is 0 Å². The fourth-order valence-electron chi connectivity index (χ4n) is 1.78. The highest BCUT2D eigenvalue weighted by atomic mass is 14.5. The molecule has 2 aromatic rings. The number of rotatable bonds is 4. The lowest BCUT2D eigenvalue weighted by molar-refractivity contribution is 1.19. The van der Waals surface area contributed by atoms with Crippen molar-refractivity contribution in [2.24, 2.45) is 5.73 Å². The van der Waals surface area contributed by atoms with Crippen molar-refractivity contribution >= 4 is 6.08 Å². The summed E-state index contributed by atoms with van der Waals surface area (Å²) in [6.45, 7) is 0.589. The highest BCUT2D eigenvalue weighted by molar-refractivity contribution is 5.50. The molecule has 17 heavy (non-hydrogen) atoms. The molecule has 86 valence electrons. The molecule has 0 aliphatic carbocycles. The van der Waals surface area contributed by atoms with Gasteiger partial charge in [0, 0.05) is 6.54 Å². The normalized spacial score (nSPS) is 10.9. The number of hydrogen-bond donors (Lipinski definition) is 1. The minimum atomic E-state index is 0.589. The monoisotopic (exact) mass is 223 g/mol. The lowest BCUT2D eigenvalue weighted by atomic mass is 10.0. The van der Waals surface area contributed by atoms with Gasteiger partial charge in [0.15, 0.2) is 0 Å². The average Bonchev–Trinajstić information content (AvgIpc) is 2.39. The minimum Gasteiger partial charge on any atom is -0.327 e. The predicted octanol–water partition coefficient (Wildman–Crippen LogP) is 3.25. The van der Waals surface area contributed by atoms with Crippen LogP contribution < -0.4 is 5.73 Å². The molecular formula is C16H17N. The summed E-state index contributed by atoms with van der Waals surface area (Å²) in [4.78, 5) is 0. The van der Waals surface area contributed by atoms with Gasteiger partial charge in [-0.2, -0.15) is 0 Å². The molecule has 0 atom stereocenters. The number of nitrogens with two attached hydrogens (primary N) is 1. The molecule has 0 heterocycles. The van der Waals surface area contributed by atoms with Crippen LogP contribution in [0.2, 0.25) is 0 Å². The second-order valence-electron chi connectivity index (χ2n) is 4.04. The SMILES string of the molecule is NCC=Cc1ccc(Cc2ccccc2)cc1. The Balaban J connectivity index is 2.06. The summed E-state index contributed by atoms with van der Waals surface area (Å²) in [7, 11) is 0. The van der Waals surface area contributed by atoms with Gasteiger partial charge in [0.05, 0.1) is 0 Å². The van der Waals surface area contributed by atoms with Crippen LogP contribution in [0.3, 0.4) is 0 Å². The maximum absolute atomic E-state index is 5.42. The second-order valence-corrected chi connectivity index (χ2v) is 4.04. The smallest absolute Gasteiger partial charge is 0.0110 e. The van der Waals surface area contributed by atoms with Crippen LogP contribution in [0.1, 0.15) is 16.7 Å². The molecule has 0 radical (unpaired) electrons. The van der Waals surface area contributed by atoms with Crippen molar-refractivity contribution in [3.8, 4) is 0 Å². The molecule has 0 aromatic heterocycles. The first kappa shape index (κ1) is 11.6. The fourth-order valence-corrected chi connectivity index (χ4v) is 1.78. The summed E-state index contributed by atoms with van der Waals surface area (Å²) in [5.41, 5.74) is 9.30. The summed E-state index contributed by atoms with van der Waals surface area (Å²) in [6.07, 6.45) is 5.00. The summed E-state index contributed by atoms with van der Waals surface area (Å²) in [5, 5.41) is 0. The van der Waals surface area contributed by atoms with Crippen LogP contribution in [0.4, 0.5) is 0 Å². The van der Waals surface area contributed by atoms with Gasteiger partial charge in [-0.15, -0.1) is 0 Å². The fraction of sp³-hybridized carbons (Fsp3) is 0.125. The molecule has 1 heteroatoms. The molecule has 0 unspecified atom stereocenters. The van der Waals surface area contributed by atoms with E-state index < -0.39 is 0 Å². The third-order valence-electron chi connectivity index (χ3n) is 2.68. The molecule has 0 saturated heterocycles. The molecule has 0 bridgehead atoms. The summed E-state index contributed by atoms with van der Waals surface area (Å²) < 4.78 is 0. The standard InChI is InChI=1S/C16H17N/c17-12-4-7-14-8-10-16(11-9-14)13-15-5-2-1-3-6-15/h1-11H,12-13,17H2. The van der Waals surface area contributed by atoms with Gasteiger partial charge in [0.2, 0.25) is 0 Å². The van der Waals surface area contributed by atoms with Crippen LogP contribution in [0.25, 0.3) is 6.08 Å². The topological polar surface area (TPSA) is 26.0 Å². The first-order chi connectivity index (χ1) is 8.38. The molecular weight excluding hydrogens is 206 g/mol. The highest BCUT2D eigenvalue weighted by Crippen LogP contribution is 2.11. The summed E-state index contributed by atoms with van der Waals surface area (Å²) in [5.74, 6) is 0. The van der Waals surface area contributed by atoms with Crippen molar-refractivity contribution in [2.45, 2.75) is 6.42 Å². The molecule has 0 amide bonds. The van der Waals surface area contributed by atoms with Crippen LogP contribution in [0.5, 0.6) is 0 Å². The molecule has 0 aliphatic rings. The number of benzene rings is 2. The molecule has 1 nitrogen and oxygen atoms in total. The third kappa shape index (κ3) is 3.58. The van der Waals surface area contributed by atoms with Gasteiger partial charge in [-0.05, 0) is 23.1 Å². The van der Waals surface area contributed by atoms with Gasteiger partial charge in [-0.3, -0.25) is 0 Å². The van der Waals surface area contributed by atoms with Crippen LogP contribution >= 0.6 is 0 Å². The lowest BCUT2D eigenvalue weighted by Gasteiger charge is -2.02. The van der Waals surface area contributed by atoms with Gasteiger partial charge in [0.25, 0.3) is 0 Å². The van der Waals surface area contributed by atoms with Gasteiger partial charge in [-0.1, -0.05) is 66.7 Å². The van der Waals surface area contributed by atoms with Crippen molar-refractivity contribution in [3.05, 3.63) is 77.4 Å². The first-order valence-corrected chi connectivity index (χ1v) is 5.88. The Kier molecular flexibility index (Phi) is 4.11. The first-order valence-electron chi connectivity index (χ1n) is 5.88. The van der Waals surface area contributed by atoms with Crippen LogP contribution in [-0.2, 0) is 6.42 Å². The quantitative estimate of drug-likeness (QED) is 0.846. The Morgan fingerprint density at radius 2 is 1.47 bits per heavy atom. The van der Waals surface area contributed by atoms with Crippen LogP contribution in [0.15, 0.2) is 60.7 Å². The zero-order valence-corrected chi connectivity index (χ0v) is 9.84. The van der Waals surface area contributed by atoms with E-state index in [9.17, 15) is 0 Å². The Bertz CT molecular complexity index is 469. The van der Waals surface area contributed by atoms with Gasteiger partial charge < -0.3 is 5.73 Å². The minimum absolute atomic E-state index is 0.589. The van der Waals surface area contributed by atoms with Crippen molar-refractivity contribution in [2.75, 3.05) is 6.54 Å². The molecule has 2 aromatic carbocycles. The van der Waals surface area contributed by atoms with E-state index in [1.807, 2.05) is 18.2 Å². The van der Waals surface area contributed by atoms with E-state index in [-0.39, 0.29) is 0 Å². The summed E-state index contributed by atoms with van der Waals surface area (Å²) >= 11 is 0. The maximum atomic E-state index is 5.42. The Labute approximate surface area is 103 Å². The van der Waals surface area contributed by atoms with Gasteiger partial charge >= 0.3 is 0 Å². The molecule has 0 fully saturated rings. The Morgan fingerprint density at radius 3 is 2.12 bits per heavy atom. The van der Waals surface area contributed by atoms with Gasteiger partial charge in [-0.25, -0.2) is 0 Å². The van der Waals surface area contributed by atoms with E-state index in [0.29, 0.717) is 6.54 Å². The van der Waals surface area contributed by atoms with E-state index >= 15 is 0 Å². The van der Waals surface area contributed by atoms with Crippen molar-refractivity contribution < 1.29 is 0 Å².